The Hall–Kier alpha value is -2.38. The SMILES string of the molecule is Cc1c(C)c2c(c(C)c1O)CCC(C)(CCOCCSc1ccc(N=C(N)N)cc1)O2. The Morgan fingerprint density at radius 2 is 1.84 bits per heavy atom. The molecule has 1 unspecified atom stereocenters. The van der Waals surface area contributed by atoms with E-state index in [-0.39, 0.29) is 11.6 Å². The van der Waals surface area contributed by atoms with Crippen molar-refractivity contribution in [3.8, 4) is 11.5 Å². The molecule has 0 fully saturated rings. The number of hydrogen-bond donors (Lipinski definition) is 3. The Kier molecular flexibility index (Phi) is 7.38. The first-order valence-corrected chi connectivity index (χ1v) is 11.6. The molecule has 0 saturated heterocycles. The van der Waals surface area contributed by atoms with E-state index in [1.807, 2.05) is 45.0 Å². The molecule has 2 aromatic rings. The molecule has 1 aliphatic rings. The molecule has 0 amide bonds. The second-order valence-corrected chi connectivity index (χ2v) is 9.49. The number of ether oxygens (including phenoxy) is 2. The van der Waals surface area contributed by atoms with Crippen molar-refractivity contribution in [1.82, 2.24) is 0 Å². The third-order valence-corrected chi connectivity index (χ3v) is 6.94. The molecular formula is C24H33N3O3S. The van der Waals surface area contributed by atoms with Crippen molar-refractivity contribution in [2.24, 2.45) is 16.5 Å². The molecule has 6 nitrogen and oxygen atoms in total. The lowest BCUT2D eigenvalue weighted by Gasteiger charge is -2.38. The summed E-state index contributed by atoms with van der Waals surface area (Å²) in [6.07, 6.45) is 2.67. The first-order chi connectivity index (χ1) is 14.7. The van der Waals surface area contributed by atoms with Crippen LogP contribution in [0.3, 0.4) is 0 Å². The van der Waals surface area contributed by atoms with Crippen LogP contribution in [0.2, 0.25) is 0 Å². The highest BCUT2D eigenvalue weighted by Gasteiger charge is 2.34. The number of thioether (sulfide) groups is 1. The Morgan fingerprint density at radius 3 is 2.52 bits per heavy atom. The fraction of sp³-hybridized carbons (Fsp3) is 0.458. The van der Waals surface area contributed by atoms with E-state index >= 15 is 0 Å². The van der Waals surface area contributed by atoms with Crippen molar-refractivity contribution < 1.29 is 14.6 Å². The van der Waals surface area contributed by atoms with Crippen molar-refractivity contribution >= 4 is 23.4 Å². The minimum Gasteiger partial charge on any atom is -0.507 e. The Balaban J connectivity index is 1.45. The Bertz CT molecular complexity index is 956. The van der Waals surface area contributed by atoms with E-state index in [0.29, 0.717) is 19.0 Å². The number of phenolic OH excluding ortho intramolecular Hbond substituents is 1. The monoisotopic (exact) mass is 443 g/mol. The standard InChI is InChI=1S/C24H33N3O3S/c1-15-16(2)22-20(17(3)21(15)28)9-10-24(4,30-22)11-12-29-13-14-31-19-7-5-18(6-8-19)27-23(25)26/h5-8,28H,9-14H2,1-4H3,(H4,25,26,27). The molecule has 1 atom stereocenters. The minimum atomic E-state index is -0.248. The predicted octanol–water partition coefficient (Wildman–Crippen LogP) is 4.51. The van der Waals surface area contributed by atoms with Gasteiger partial charge < -0.3 is 26.0 Å². The van der Waals surface area contributed by atoms with Gasteiger partial charge in [-0.3, -0.25) is 0 Å². The fourth-order valence-electron chi connectivity index (χ4n) is 3.85. The second-order valence-electron chi connectivity index (χ2n) is 8.32. The zero-order valence-electron chi connectivity index (χ0n) is 18.8. The molecular weight excluding hydrogens is 410 g/mol. The maximum Gasteiger partial charge on any atom is 0.191 e. The normalized spacial score (nSPS) is 17.7. The summed E-state index contributed by atoms with van der Waals surface area (Å²) in [5.74, 6) is 2.28. The molecule has 0 aromatic heterocycles. The van der Waals surface area contributed by atoms with Gasteiger partial charge in [-0.05, 0) is 81.5 Å². The van der Waals surface area contributed by atoms with Gasteiger partial charge in [-0.25, -0.2) is 4.99 Å². The first kappa shape index (κ1) is 23.3. The predicted molar refractivity (Wildman–Crippen MR) is 128 cm³/mol. The van der Waals surface area contributed by atoms with Gasteiger partial charge >= 0.3 is 0 Å². The van der Waals surface area contributed by atoms with E-state index in [1.165, 1.54) is 0 Å². The van der Waals surface area contributed by atoms with Crippen LogP contribution in [0, 0.1) is 20.8 Å². The van der Waals surface area contributed by atoms with E-state index in [2.05, 4.69) is 11.9 Å². The first-order valence-electron chi connectivity index (χ1n) is 10.6. The number of aliphatic imine (C=N–C) groups is 1. The van der Waals surface area contributed by atoms with E-state index in [9.17, 15) is 5.11 Å². The molecule has 0 radical (unpaired) electrons. The number of fused-ring (bicyclic) bond motifs is 1. The highest BCUT2D eigenvalue weighted by molar-refractivity contribution is 7.99. The average molecular weight is 444 g/mol. The maximum atomic E-state index is 10.3. The number of guanidine groups is 1. The van der Waals surface area contributed by atoms with E-state index in [0.717, 1.165) is 63.6 Å². The lowest BCUT2D eigenvalue weighted by Crippen LogP contribution is -2.38. The van der Waals surface area contributed by atoms with Crippen LogP contribution in [0.1, 0.15) is 42.0 Å². The number of aromatic hydroxyl groups is 1. The fourth-order valence-corrected chi connectivity index (χ4v) is 4.61. The van der Waals surface area contributed by atoms with Gasteiger partial charge in [0.1, 0.15) is 17.1 Å². The summed E-state index contributed by atoms with van der Waals surface area (Å²) in [6.45, 7) is 9.44. The Morgan fingerprint density at radius 1 is 1.13 bits per heavy atom. The molecule has 3 rings (SSSR count). The molecule has 0 bridgehead atoms. The minimum absolute atomic E-state index is 0.0616. The number of nitrogens with zero attached hydrogens (tertiary/aromatic N) is 1. The average Bonchev–Trinajstić information content (AvgIpc) is 2.74. The van der Waals surface area contributed by atoms with E-state index < -0.39 is 0 Å². The quantitative estimate of drug-likeness (QED) is 0.240. The summed E-state index contributed by atoms with van der Waals surface area (Å²) >= 11 is 1.74. The Labute approximate surface area is 189 Å². The molecule has 7 heteroatoms. The molecule has 31 heavy (non-hydrogen) atoms. The van der Waals surface area contributed by atoms with Crippen molar-refractivity contribution in [2.75, 3.05) is 19.0 Å². The van der Waals surface area contributed by atoms with Crippen LogP contribution >= 0.6 is 11.8 Å². The smallest absolute Gasteiger partial charge is 0.191 e. The topological polar surface area (TPSA) is 103 Å². The summed E-state index contributed by atoms with van der Waals surface area (Å²) < 4.78 is 12.3. The number of phenols is 1. The van der Waals surface area contributed by atoms with Crippen molar-refractivity contribution in [3.63, 3.8) is 0 Å². The molecule has 2 aromatic carbocycles. The molecule has 5 N–H and O–H groups in total. The number of nitrogens with two attached hydrogens (primary N) is 2. The van der Waals surface area contributed by atoms with Gasteiger partial charge in [0, 0.05) is 22.6 Å². The van der Waals surface area contributed by atoms with Gasteiger partial charge in [-0.1, -0.05) is 0 Å². The second kappa shape index (κ2) is 9.83. The van der Waals surface area contributed by atoms with Crippen LogP contribution in [-0.4, -0.2) is 35.6 Å². The summed E-state index contributed by atoms with van der Waals surface area (Å²) in [7, 11) is 0. The molecule has 0 spiro atoms. The lowest BCUT2D eigenvalue weighted by atomic mass is 9.86. The highest BCUT2D eigenvalue weighted by Crippen LogP contribution is 2.44. The van der Waals surface area contributed by atoms with Crippen LogP contribution in [0.25, 0.3) is 0 Å². The summed E-state index contributed by atoms with van der Waals surface area (Å²) in [5, 5.41) is 10.3. The molecule has 0 saturated carbocycles. The van der Waals surface area contributed by atoms with E-state index in [1.54, 1.807) is 11.8 Å². The number of benzene rings is 2. The summed E-state index contributed by atoms with van der Waals surface area (Å²) in [6, 6.07) is 7.80. The third-order valence-electron chi connectivity index (χ3n) is 5.96. The highest BCUT2D eigenvalue weighted by atomic mass is 32.2. The largest absolute Gasteiger partial charge is 0.507 e. The van der Waals surface area contributed by atoms with Crippen molar-refractivity contribution in [3.05, 3.63) is 46.5 Å². The summed E-state index contributed by atoms with van der Waals surface area (Å²) in [5.41, 5.74) is 15.3. The lowest BCUT2D eigenvalue weighted by molar-refractivity contribution is 0.0213. The molecule has 168 valence electrons. The van der Waals surface area contributed by atoms with Crippen LogP contribution < -0.4 is 16.2 Å². The zero-order valence-corrected chi connectivity index (χ0v) is 19.6. The van der Waals surface area contributed by atoms with Gasteiger partial charge in [0.25, 0.3) is 0 Å². The number of rotatable bonds is 8. The molecule has 1 heterocycles. The summed E-state index contributed by atoms with van der Waals surface area (Å²) in [4.78, 5) is 5.17. The van der Waals surface area contributed by atoms with Crippen LogP contribution in [0.4, 0.5) is 5.69 Å². The van der Waals surface area contributed by atoms with Gasteiger partial charge in [-0.2, -0.15) is 0 Å². The molecule has 1 aliphatic heterocycles. The van der Waals surface area contributed by atoms with Gasteiger partial charge in [0.05, 0.1) is 18.9 Å². The maximum absolute atomic E-state index is 10.3. The van der Waals surface area contributed by atoms with Gasteiger partial charge in [0.2, 0.25) is 0 Å². The number of hydrogen-bond acceptors (Lipinski definition) is 5. The van der Waals surface area contributed by atoms with Crippen molar-refractivity contribution in [1.29, 1.82) is 0 Å². The van der Waals surface area contributed by atoms with Crippen LogP contribution in [-0.2, 0) is 11.2 Å². The zero-order chi connectivity index (χ0) is 22.6. The van der Waals surface area contributed by atoms with Crippen LogP contribution in [0.15, 0.2) is 34.2 Å². The van der Waals surface area contributed by atoms with Gasteiger partial charge in [0.15, 0.2) is 5.96 Å². The van der Waals surface area contributed by atoms with E-state index in [4.69, 9.17) is 20.9 Å². The third kappa shape index (κ3) is 5.66. The van der Waals surface area contributed by atoms with Crippen LogP contribution in [0.5, 0.6) is 11.5 Å². The van der Waals surface area contributed by atoms with Gasteiger partial charge in [-0.15, -0.1) is 11.8 Å². The molecule has 0 aliphatic carbocycles. The van der Waals surface area contributed by atoms with Crippen molar-refractivity contribution in [2.45, 2.75) is 57.5 Å².